The van der Waals surface area contributed by atoms with Gasteiger partial charge in [-0.2, -0.15) is 0 Å². The number of rotatable bonds is 3. The molecule has 0 aromatic carbocycles. The third-order valence-electron chi connectivity index (χ3n) is 2.46. The minimum atomic E-state index is -0.398. The third kappa shape index (κ3) is 2.00. The van der Waals surface area contributed by atoms with Gasteiger partial charge < -0.3 is 15.4 Å². The number of carbonyl (C=O) groups excluding carboxylic acids is 1. The standard InChI is InChI=1S/C9H18N2O2/c1-4-13-8-5-11(7(8)3)9(12)6(2)10/h6-8H,4-5,10H2,1-3H3/t6-,7+,8+/m1/s1. The summed E-state index contributed by atoms with van der Waals surface area (Å²) in [6, 6.07) is -0.219. The van der Waals surface area contributed by atoms with E-state index < -0.39 is 6.04 Å². The van der Waals surface area contributed by atoms with Crippen LogP contribution in [0.5, 0.6) is 0 Å². The quantitative estimate of drug-likeness (QED) is 0.673. The average molecular weight is 186 g/mol. The van der Waals surface area contributed by atoms with Crippen LogP contribution in [0.25, 0.3) is 0 Å². The number of amides is 1. The summed E-state index contributed by atoms with van der Waals surface area (Å²) >= 11 is 0. The van der Waals surface area contributed by atoms with Crippen molar-refractivity contribution < 1.29 is 9.53 Å². The van der Waals surface area contributed by atoms with Gasteiger partial charge in [-0.25, -0.2) is 0 Å². The maximum atomic E-state index is 11.4. The number of nitrogens with two attached hydrogens (primary N) is 1. The van der Waals surface area contributed by atoms with E-state index in [-0.39, 0.29) is 18.1 Å². The first-order valence-corrected chi connectivity index (χ1v) is 4.75. The SMILES string of the molecule is CCO[C@H]1CN(C(=O)[C@@H](C)N)[C@H]1C. The van der Waals surface area contributed by atoms with Crippen LogP contribution in [0.1, 0.15) is 20.8 Å². The molecule has 4 heteroatoms. The summed E-state index contributed by atoms with van der Waals surface area (Å²) in [5, 5.41) is 0. The number of carbonyl (C=O) groups is 1. The van der Waals surface area contributed by atoms with Crippen molar-refractivity contribution in [2.24, 2.45) is 5.73 Å². The molecule has 0 spiro atoms. The lowest BCUT2D eigenvalue weighted by Gasteiger charge is -2.46. The Hall–Kier alpha value is -0.610. The summed E-state index contributed by atoms with van der Waals surface area (Å²) in [6.45, 7) is 7.06. The normalized spacial score (nSPS) is 29.7. The average Bonchev–Trinajstić information content (AvgIpc) is 2.09. The Morgan fingerprint density at radius 3 is 2.77 bits per heavy atom. The Kier molecular flexibility index (Phi) is 3.27. The molecule has 1 fully saturated rings. The van der Waals surface area contributed by atoms with Gasteiger partial charge in [-0.05, 0) is 20.8 Å². The molecule has 0 radical (unpaired) electrons. The van der Waals surface area contributed by atoms with Gasteiger partial charge >= 0.3 is 0 Å². The molecule has 13 heavy (non-hydrogen) atoms. The van der Waals surface area contributed by atoms with E-state index in [2.05, 4.69) is 0 Å². The van der Waals surface area contributed by atoms with E-state index >= 15 is 0 Å². The second-order valence-electron chi connectivity index (χ2n) is 3.51. The van der Waals surface area contributed by atoms with Gasteiger partial charge in [0.05, 0.1) is 18.2 Å². The Morgan fingerprint density at radius 1 is 1.77 bits per heavy atom. The lowest BCUT2D eigenvalue weighted by atomic mass is 10.00. The highest BCUT2D eigenvalue weighted by molar-refractivity contribution is 5.82. The van der Waals surface area contributed by atoms with Crippen molar-refractivity contribution in [3.05, 3.63) is 0 Å². The van der Waals surface area contributed by atoms with Gasteiger partial charge in [0.2, 0.25) is 5.91 Å². The number of likely N-dealkylation sites (tertiary alicyclic amines) is 1. The molecule has 0 saturated carbocycles. The lowest BCUT2D eigenvalue weighted by molar-refractivity contribution is -0.155. The summed E-state index contributed by atoms with van der Waals surface area (Å²) < 4.78 is 5.42. The zero-order chi connectivity index (χ0) is 10.0. The van der Waals surface area contributed by atoms with Gasteiger partial charge in [-0.15, -0.1) is 0 Å². The van der Waals surface area contributed by atoms with E-state index in [0.29, 0.717) is 13.2 Å². The summed E-state index contributed by atoms with van der Waals surface area (Å²) in [5.74, 6) is 0.0171. The van der Waals surface area contributed by atoms with Gasteiger partial charge in [0.1, 0.15) is 0 Å². The zero-order valence-electron chi connectivity index (χ0n) is 8.49. The summed E-state index contributed by atoms with van der Waals surface area (Å²) in [6.07, 6.45) is 0.202. The molecule has 76 valence electrons. The van der Waals surface area contributed by atoms with Crippen LogP contribution in [-0.2, 0) is 9.53 Å². The third-order valence-corrected chi connectivity index (χ3v) is 2.46. The van der Waals surface area contributed by atoms with Crippen molar-refractivity contribution in [3.63, 3.8) is 0 Å². The van der Waals surface area contributed by atoms with Gasteiger partial charge in [0, 0.05) is 13.2 Å². The van der Waals surface area contributed by atoms with E-state index in [9.17, 15) is 4.79 Å². The minimum absolute atomic E-state index is 0.0171. The first-order valence-electron chi connectivity index (χ1n) is 4.75. The Labute approximate surface area is 79.0 Å². The largest absolute Gasteiger partial charge is 0.375 e. The molecule has 0 aromatic heterocycles. The van der Waals surface area contributed by atoms with Crippen LogP contribution in [0.15, 0.2) is 0 Å². The Morgan fingerprint density at radius 2 is 2.38 bits per heavy atom. The Balaban J connectivity index is 2.38. The lowest BCUT2D eigenvalue weighted by Crippen LogP contribution is -2.64. The number of nitrogens with zero attached hydrogens (tertiary/aromatic N) is 1. The molecule has 0 aromatic rings. The van der Waals surface area contributed by atoms with Crippen LogP contribution in [0.2, 0.25) is 0 Å². The molecule has 1 saturated heterocycles. The molecule has 0 aliphatic carbocycles. The van der Waals surface area contributed by atoms with Gasteiger partial charge in [0.25, 0.3) is 0 Å². The highest BCUT2D eigenvalue weighted by Crippen LogP contribution is 2.21. The molecule has 1 amide bonds. The molecule has 0 bridgehead atoms. The highest BCUT2D eigenvalue weighted by Gasteiger charge is 2.39. The molecule has 2 N–H and O–H groups in total. The van der Waals surface area contributed by atoms with E-state index in [4.69, 9.17) is 10.5 Å². The van der Waals surface area contributed by atoms with Crippen LogP contribution in [0.4, 0.5) is 0 Å². The van der Waals surface area contributed by atoms with Crippen molar-refractivity contribution in [2.45, 2.75) is 39.0 Å². The fourth-order valence-corrected chi connectivity index (χ4v) is 1.53. The van der Waals surface area contributed by atoms with Crippen LogP contribution in [0, 0.1) is 0 Å². The topological polar surface area (TPSA) is 55.6 Å². The summed E-state index contributed by atoms with van der Waals surface area (Å²) in [7, 11) is 0. The van der Waals surface area contributed by atoms with Crippen molar-refractivity contribution in [1.82, 2.24) is 4.90 Å². The zero-order valence-corrected chi connectivity index (χ0v) is 8.49. The smallest absolute Gasteiger partial charge is 0.239 e. The van der Waals surface area contributed by atoms with E-state index in [0.717, 1.165) is 0 Å². The molecule has 1 rings (SSSR count). The van der Waals surface area contributed by atoms with Crippen LogP contribution >= 0.6 is 0 Å². The molecule has 1 aliphatic heterocycles. The summed E-state index contributed by atoms with van der Waals surface area (Å²) in [5.41, 5.74) is 5.50. The molecule has 0 unspecified atom stereocenters. The van der Waals surface area contributed by atoms with Crippen molar-refractivity contribution >= 4 is 5.91 Å². The molecule has 3 atom stereocenters. The first-order chi connectivity index (χ1) is 6.07. The molecular weight excluding hydrogens is 168 g/mol. The monoisotopic (exact) mass is 186 g/mol. The van der Waals surface area contributed by atoms with E-state index in [1.807, 2.05) is 13.8 Å². The first kappa shape index (κ1) is 10.5. The molecule has 4 nitrogen and oxygen atoms in total. The predicted molar refractivity (Wildman–Crippen MR) is 50.2 cm³/mol. The second-order valence-corrected chi connectivity index (χ2v) is 3.51. The van der Waals surface area contributed by atoms with Gasteiger partial charge in [-0.1, -0.05) is 0 Å². The minimum Gasteiger partial charge on any atom is -0.375 e. The van der Waals surface area contributed by atoms with E-state index in [1.165, 1.54) is 0 Å². The van der Waals surface area contributed by atoms with Crippen molar-refractivity contribution in [3.8, 4) is 0 Å². The number of ether oxygens (including phenoxy) is 1. The maximum Gasteiger partial charge on any atom is 0.239 e. The molecule has 1 heterocycles. The molecular formula is C9H18N2O2. The van der Waals surface area contributed by atoms with Crippen molar-refractivity contribution in [1.29, 1.82) is 0 Å². The van der Waals surface area contributed by atoms with E-state index in [1.54, 1.807) is 11.8 Å². The fraction of sp³-hybridized carbons (Fsp3) is 0.889. The Bertz CT molecular complexity index is 194. The van der Waals surface area contributed by atoms with Crippen molar-refractivity contribution in [2.75, 3.05) is 13.2 Å². The number of hydrogen-bond donors (Lipinski definition) is 1. The maximum absolute atomic E-state index is 11.4. The molecule has 1 aliphatic rings. The summed E-state index contributed by atoms with van der Waals surface area (Å²) in [4.78, 5) is 13.2. The fourth-order valence-electron chi connectivity index (χ4n) is 1.53. The van der Waals surface area contributed by atoms with Crippen LogP contribution < -0.4 is 5.73 Å². The van der Waals surface area contributed by atoms with Gasteiger partial charge in [0.15, 0.2) is 0 Å². The highest BCUT2D eigenvalue weighted by atomic mass is 16.5. The van der Waals surface area contributed by atoms with Crippen LogP contribution in [-0.4, -0.2) is 42.1 Å². The number of hydrogen-bond acceptors (Lipinski definition) is 3. The van der Waals surface area contributed by atoms with Gasteiger partial charge in [-0.3, -0.25) is 4.79 Å². The van der Waals surface area contributed by atoms with Crippen LogP contribution in [0.3, 0.4) is 0 Å². The predicted octanol–water partition coefficient (Wildman–Crippen LogP) is -0.0306. The second kappa shape index (κ2) is 4.07.